The van der Waals surface area contributed by atoms with Gasteiger partial charge in [-0.15, -0.1) is 0 Å². The molecule has 0 unspecified atom stereocenters. The lowest BCUT2D eigenvalue weighted by Gasteiger charge is -2.12. The number of aromatic nitrogens is 1. The van der Waals surface area contributed by atoms with Gasteiger partial charge in [-0.1, -0.05) is 55.5 Å². The third-order valence-electron chi connectivity index (χ3n) is 4.60. The van der Waals surface area contributed by atoms with Crippen molar-refractivity contribution in [1.82, 2.24) is 4.98 Å². The number of aromatic amines is 1. The van der Waals surface area contributed by atoms with Gasteiger partial charge in [-0.25, -0.2) is 8.42 Å². The predicted octanol–water partition coefficient (Wildman–Crippen LogP) is 5.20. The summed E-state index contributed by atoms with van der Waals surface area (Å²) >= 11 is 0. The van der Waals surface area contributed by atoms with E-state index >= 15 is 0 Å². The number of para-hydroxylation sites is 1. The maximum atomic E-state index is 12.9. The Kier molecular flexibility index (Phi) is 4.46. The van der Waals surface area contributed by atoms with Gasteiger partial charge < -0.3 is 4.98 Å². The zero-order chi connectivity index (χ0) is 18.9. The van der Waals surface area contributed by atoms with E-state index in [4.69, 9.17) is 0 Å². The molecule has 4 aromatic rings. The number of nitrogens with one attached hydrogen (secondary N) is 2. The second-order valence-electron chi connectivity index (χ2n) is 6.42. The van der Waals surface area contributed by atoms with Crippen molar-refractivity contribution in [3.63, 3.8) is 0 Å². The molecule has 1 heterocycles. The van der Waals surface area contributed by atoms with Crippen LogP contribution in [-0.4, -0.2) is 13.4 Å². The van der Waals surface area contributed by atoms with Crippen LogP contribution in [0.2, 0.25) is 0 Å². The van der Waals surface area contributed by atoms with Crippen LogP contribution >= 0.6 is 0 Å². The predicted molar refractivity (Wildman–Crippen MR) is 110 cm³/mol. The Morgan fingerprint density at radius 3 is 2.48 bits per heavy atom. The zero-order valence-electron chi connectivity index (χ0n) is 14.9. The number of H-pyrrole nitrogens is 1. The van der Waals surface area contributed by atoms with Gasteiger partial charge in [0, 0.05) is 27.8 Å². The van der Waals surface area contributed by atoms with Gasteiger partial charge in [-0.05, 0) is 42.3 Å². The molecule has 0 amide bonds. The molecule has 0 fully saturated rings. The Morgan fingerprint density at radius 1 is 0.889 bits per heavy atom. The summed E-state index contributed by atoms with van der Waals surface area (Å²) < 4.78 is 28.4. The van der Waals surface area contributed by atoms with Crippen molar-refractivity contribution < 1.29 is 8.42 Å². The lowest BCUT2D eigenvalue weighted by Crippen LogP contribution is -2.14. The van der Waals surface area contributed by atoms with Crippen molar-refractivity contribution in [3.05, 3.63) is 84.4 Å². The average molecular weight is 376 g/mol. The van der Waals surface area contributed by atoms with Crippen LogP contribution in [0, 0.1) is 0 Å². The summed E-state index contributed by atoms with van der Waals surface area (Å²) in [6, 6.07) is 24.6. The molecular weight excluding hydrogens is 356 g/mol. The maximum Gasteiger partial charge on any atom is 0.262 e. The van der Waals surface area contributed by atoms with E-state index in [-0.39, 0.29) is 0 Å². The molecule has 0 radical (unpaired) electrons. The van der Waals surface area contributed by atoms with Crippen molar-refractivity contribution in [3.8, 4) is 11.3 Å². The lowest BCUT2D eigenvalue weighted by molar-refractivity contribution is 0.600. The van der Waals surface area contributed by atoms with E-state index in [0.717, 1.165) is 27.7 Å². The molecule has 5 heteroatoms. The van der Waals surface area contributed by atoms with E-state index in [1.165, 1.54) is 0 Å². The Labute approximate surface area is 158 Å². The van der Waals surface area contributed by atoms with E-state index in [1.807, 2.05) is 61.5 Å². The second-order valence-corrected chi connectivity index (χ2v) is 8.07. The summed E-state index contributed by atoms with van der Waals surface area (Å²) in [7, 11) is -3.64. The first-order valence-corrected chi connectivity index (χ1v) is 10.3. The van der Waals surface area contributed by atoms with Crippen LogP contribution in [0.25, 0.3) is 22.2 Å². The number of rotatable bonds is 5. The highest BCUT2D eigenvalue weighted by atomic mass is 32.2. The van der Waals surface area contributed by atoms with Gasteiger partial charge in [0.25, 0.3) is 10.0 Å². The van der Waals surface area contributed by atoms with Crippen LogP contribution in [-0.2, 0) is 16.4 Å². The molecule has 0 atom stereocenters. The third kappa shape index (κ3) is 3.46. The zero-order valence-corrected chi connectivity index (χ0v) is 15.8. The van der Waals surface area contributed by atoms with Crippen molar-refractivity contribution in [2.45, 2.75) is 18.2 Å². The van der Waals surface area contributed by atoms with Gasteiger partial charge in [-0.2, -0.15) is 0 Å². The molecule has 0 aliphatic carbocycles. The summed E-state index contributed by atoms with van der Waals surface area (Å²) in [5, 5.41) is 1.12. The molecule has 27 heavy (non-hydrogen) atoms. The van der Waals surface area contributed by atoms with Gasteiger partial charge in [-0.3, -0.25) is 4.72 Å². The minimum absolute atomic E-state index is 0.323. The standard InChI is InChI=1S/C22H20N2O2S/c1-2-16-8-4-6-13-22(16)27(25,26)24-19-11-7-10-17(14-19)21-15-18-9-3-5-12-20(18)23-21/h3-15,23-24H,2H2,1H3. The minimum Gasteiger partial charge on any atom is -0.355 e. The molecule has 0 aliphatic heterocycles. The Bertz CT molecular complexity index is 1180. The van der Waals surface area contributed by atoms with Crippen LogP contribution in [0.1, 0.15) is 12.5 Å². The SMILES string of the molecule is CCc1ccccc1S(=O)(=O)Nc1cccc(-c2cc3ccccc3[nH]2)c1. The fraction of sp³-hybridized carbons (Fsp3) is 0.0909. The molecule has 1 aromatic heterocycles. The summed E-state index contributed by atoms with van der Waals surface area (Å²) in [5.74, 6) is 0. The van der Waals surface area contributed by atoms with E-state index in [0.29, 0.717) is 17.0 Å². The number of anilines is 1. The second kappa shape index (κ2) is 6.93. The fourth-order valence-electron chi connectivity index (χ4n) is 3.25. The summed E-state index contributed by atoms with van der Waals surface area (Å²) in [4.78, 5) is 3.70. The number of hydrogen-bond acceptors (Lipinski definition) is 2. The van der Waals surface area contributed by atoms with Crippen LogP contribution < -0.4 is 4.72 Å². The lowest BCUT2D eigenvalue weighted by atomic mass is 10.1. The van der Waals surface area contributed by atoms with Gasteiger partial charge >= 0.3 is 0 Å². The highest BCUT2D eigenvalue weighted by Gasteiger charge is 2.17. The molecule has 4 rings (SSSR count). The molecule has 0 saturated heterocycles. The molecule has 4 nitrogen and oxygen atoms in total. The van der Waals surface area contributed by atoms with Gasteiger partial charge in [0.1, 0.15) is 0 Å². The van der Waals surface area contributed by atoms with E-state index in [9.17, 15) is 8.42 Å². The topological polar surface area (TPSA) is 62.0 Å². The highest BCUT2D eigenvalue weighted by molar-refractivity contribution is 7.92. The van der Waals surface area contributed by atoms with Gasteiger partial charge in [0.05, 0.1) is 4.90 Å². The molecule has 0 spiro atoms. The molecular formula is C22H20N2O2S. The van der Waals surface area contributed by atoms with Crippen molar-refractivity contribution in [2.24, 2.45) is 0 Å². The van der Waals surface area contributed by atoms with Crippen molar-refractivity contribution in [2.75, 3.05) is 4.72 Å². The number of sulfonamides is 1. The van der Waals surface area contributed by atoms with Crippen LogP contribution in [0.3, 0.4) is 0 Å². The summed E-state index contributed by atoms with van der Waals surface area (Å²) in [6.45, 7) is 1.95. The smallest absolute Gasteiger partial charge is 0.262 e. The van der Waals surface area contributed by atoms with Crippen LogP contribution in [0.4, 0.5) is 5.69 Å². The normalized spacial score (nSPS) is 11.6. The molecule has 0 aliphatic rings. The third-order valence-corrected chi connectivity index (χ3v) is 6.08. The monoisotopic (exact) mass is 376 g/mol. The van der Waals surface area contributed by atoms with E-state index < -0.39 is 10.0 Å². The van der Waals surface area contributed by atoms with Gasteiger partial charge in [0.15, 0.2) is 0 Å². The largest absolute Gasteiger partial charge is 0.355 e. The molecule has 2 N–H and O–H groups in total. The Hall–Kier alpha value is -3.05. The van der Waals surface area contributed by atoms with Gasteiger partial charge in [0.2, 0.25) is 0 Å². The minimum atomic E-state index is -3.64. The molecule has 0 saturated carbocycles. The average Bonchev–Trinajstić information content (AvgIpc) is 3.12. The van der Waals surface area contributed by atoms with E-state index in [2.05, 4.69) is 15.8 Å². The van der Waals surface area contributed by atoms with Crippen molar-refractivity contribution in [1.29, 1.82) is 0 Å². The van der Waals surface area contributed by atoms with E-state index in [1.54, 1.807) is 18.2 Å². The quantitative estimate of drug-likeness (QED) is 0.503. The number of fused-ring (bicyclic) bond motifs is 1. The van der Waals surface area contributed by atoms with Crippen LogP contribution in [0.15, 0.2) is 83.8 Å². The maximum absolute atomic E-state index is 12.9. The van der Waals surface area contributed by atoms with Crippen molar-refractivity contribution >= 4 is 26.6 Å². The molecule has 0 bridgehead atoms. The Morgan fingerprint density at radius 2 is 1.67 bits per heavy atom. The number of hydrogen-bond donors (Lipinski definition) is 2. The summed E-state index contributed by atoms with van der Waals surface area (Å²) in [5.41, 5.74) is 4.27. The number of aryl methyl sites for hydroxylation is 1. The molecule has 136 valence electrons. The first-order chi connectivity index (χ1) is 13.1. The number of benzene rings is 3. The first kappa shape index (κ1) is 17.4. The molecule has 3 aromatic carbocycles. The fourth-order valence-corrected chi connectivity index (χ4v) is 4.61. The summed E-state index contributed by atoms with van der Waals surface area (Å²) in [6.07, 6.45) is 0.659. The highest BCUT2D eigenvalue weighted by Crippen LogP contribution is 2.27. The Balaban J connectivity index is 1.68. The van der Waals surface area contributed by atoms with Crippen LogP contribution in [0.5, 0.6) is 0 Å². The first-order valence-electron chi connectivity index (χ1n) is 8.86.